The van der Waals surface area contributed by atoms with E-state index in [2.05, 4.69) is 5.32 Å². The van der Waals surface area contributed by atoms with E-state index in [0.29, 0.717) is 11.4 Å². The molecule has 0 aliphatic rings. The minimum Gasteiger partial charge on any atom is -0.467 e. The van der Waals surface area contributed by atoms with Gasteiger partial charge in [0, 0.05) is 16.3 Å². The molecule has 0 fully saturated rings. The van der Waals surface area contributed by atoms with Gasteiger partial charge in [-0.1, -0.05) is 41.9 Å². The number of esters is 1. The molecular weight excluding hydrogens is 358 g/mol. The van der Waals surface area contributed by atoms with Gasteiger partial charge in [-0.25, -0.2) is 4.79 Å². The highest BCUT2D eigenvalue weighted by Crippen LogP contribution is 2.25. The van der Waals surface area contributed by atoms with Crippen LogP contribution in [0.2, 0.25) is 5.02 Å². The van der Waals surface area contributed by atoms with Gasteiger partial charge in [-0.05, 0) is 36.8 Å². The summed E-state index contributed by atoms with van der Waals surface area (Å²) in [7, 11) is 1.32. The third kappa shape index (κ3) is 6.11. The smallest absolute Gasteiger partial charge is 0.328 e. The molecule has 0 aliphatic carbocycles. The van der Waals surface area contributed by atoms with Crippen molar-refractivity contribution >= 4 is 35.2 Å². The Labute approximate surface area is 156 Å². The lowest BCUT2D eigenvalue weighted by molar-refractivity contribution is -0.144. The lowest BCUT2D eigenvalue weighted by Crippen LogP contribution is -2.45. The predicted octanol–water partition coefficient (Wildman–Crippen LogP) is 3.72. The van der Waals surface area contributed by atoms with Gasteiger partial charge in [-0.2, -0.15) is 0 Å². The number of amides is 1. The third-order valence-corrected chi connectivity index (χ3v) is 4.94. The first-order chi connectivity index (χ1) is 12.0. The van der Waals surface area contributed by atoms with Gasteiger partial charge < -0.3 is 10.1 Å². The fraction of sp³-hybridized carbons (Fsp3) is 0.263. The van der Waals surface area contributed by atoms with Crippen molar-refractivity contribution in [1.29, 1.82) is 0 Å². The zero-order chi connectivity index (χ0) is 18.2. The number of carbonyl (C=O) groups excluding carboxylic acids is 2. The van der Waals surface area contributed by atoms with Crippen LogP contribution in [0.1, 0.15) is 12.5 Å². The minimum atomic E-state index is -0.715. The van der Waals surface area contributed by atoms with Crippen molar-refractivity contribution in [2.45, 2.75) is 29.5 Å². The topological polar surface area (TPSA) is 55.4 Å². The van der Waals surface area contributed by atoms with Gasteiger partial charge in [-0.15, -0.1) is 11.8 Å². The molecule has 0 aromatic heterocycles. The molecule has 25 heavy (non-hydrogen) atoms. The molecule has 1 amide bonds. The van der Waals surface area contributed by atoms with Gasteiger partial charge in [0.1, 0.15) is 6.04 Å². The Morgan fingerprint density at radius 2 is 1.76 bits per heavy atom. The maximum absolute atomic E-state index is 12.5. The van der Waals surface area contributed by atoms with Crippen molar-refractivity contribution in [2.24, 2.45) is 0 Å². The van der Waals surface area contributed by atoms with E-state index >= 15 is 0 Å². The van der Waals surface area contributed by atoms with Gasteiger partial charge in [0.25, 0.3) is 0 Å². The second-order valence-corrected chi connectivity index (χ2v) is 7.34. The molecule has 2 rings (SSSR count). The van der Waals surface area contributed by atoms with Crippen LogP contribution in [0.4, 0.5) is 0 Å². The lowest BCUT2D eigenvalue weighted by atomic mass is 10.1. The van der Waals surface area contributed by atoms with Crippen LogP contribution < -0.4 is 5.32 Å². The SMILES string of the molecule is COC(=O)[C@H](Cc1ccccc1)NC(=O)C(C)Sc1ccc(Cl)cc1. The van der Waals surface area contributed by atoms with E-state index < -0.39 is 12.0 Å². The molecule has 0 bridgehead atoms. The standard InChI is InChI=1S/C19H20ClNO3S/c1-13(25-16-10-8-15(20)9-11-16)18(22)21-17(19(23)24-2)12-14-6-4-3-5-7-14/h3-11,13,17H,12H2,1-2H3,(H,21,22)/t13?,17-/m0/s1. The van der Waals surface area contributed by atoms with Crippen molar-refractivity contribution in [2.75, 3.05) is 7.11 Å². The molecule has 2 atom stereocenters. The second kappa shape index (κ2) is 9.49. The average Bonchev–Trinajstić information content (AvgIpc) is 2.63. The van der Waals surface area contributed by atoms with Crippen LogP contribution >= 0.6 is 23.4 Å². The molecule has 0 aliphatic heterocycles. The van der Waals surface area contributed by atoms with Crippen molar-refractivity contribution < 1.29 is 14.3 Å². The summed E-state index contributed by atoms with van der Waals surface area (Å²) in [6.07, 6.45) is 0.386. The number of halogens is 1. The van der Waals surface area contributed by atoms with Crippen LogP contribution in [0.25, 0.3) is 0 Å². The summed E-state index contributed by atoms with van der Waals surface area (Å²) in [4.78, 5) is 25.4. The average molecular weight is 378 g/mol. The third-order valence-electron chi connectivity index (χ3n) is 3.58. The number of ether oxygens (including phenoxy) is 1. The summed E-state index contributed by atoms with van der Waals surface area (Å²) in [6, 6.07) is 16.1. The van der Waals surface area contributed by atoms with Gasteiger partial charge in [0.15, 0.2) is 0 Å². The molecule has 0 radical (unpaired) electrons. The highest BCUT2D eigenvalue weighted by Gasteiger charge is 2.24. The zero-order valence-electron chi connectivity index (χ0n) is 14.1. The predicted molar refractivity (Wildman–Crippen MR) is 101 cm³/mol. The summed E-state index contributed by atoms with van der Waals surface area (Å²) in [5.74, 6) is -0.674. The first-order valence-corrected chi connectivity index (χ1v) is 9.09. The fourth-order valence-corrected chi connectivity index (χ4v) is 3.25. The van der Waals surface area contributed by atoms with E-state index in [1.165, 1.54) is 18.9 Å². The molecule has 0 saturated carbocycles. The molecule has 2 aromatic carbocycles. The highest BCUT2D eigenvalue weighted by atomic mass is 35.5. The number of methoxy groups -OCH3 is 1. The van der Waals surface area contributed by atoms with Crippen LogP contribution in [-0.4, -0.2) is 30.3 Å². The Kier molecular flexibility index (Phi) is 7.34. The van der Waals surface area contributed by atoms with E-state index in [-0.39, 0.29) is 11.2 Å². The van der Waals surface area contributed by atoms with Crippen molar-refractivity contribution in [3.8, 4) is 0 Å². The molecule has 0 spiro atoms. The Morgan fingerprint density at radius 1 is 1.12 bits per heavy atom. The minimum absolute atomic E-state index is 0.216. The molecular formula is C19H20ClNO3S. The van der Waals surface area contributed by atoms with E-state index in [0.717, 1.165) is 10.5 Å². The first kappa shape index (κ1) is 19.3. The first-order valence-electron chi connectivity index (χ1n) is 7.84. The summed E-state index contributed by atoms with van der Waals surface area (Å²) < 4.78 is 4.82. The van der Waals surface area contributed by atoms with Gasteiger partial charge >= 0.3 is 5.97 Å². The van der Waals surface area contributed by atoms with Gasteiger partial charge in [-0.3, -0.25) is 4.79 Å². The van der Waals surface area contributed by atoms with Crippen LogP contribution in [0.15, 0.2) is 59.5 Å². The normalized spacial score (nSPS) is 12.9. The molecule has 0 saturated heterocycles. The summed E-state index contributed by atoms with van der Waals surface area (Å²) in [5, 5.41) is 3.08. The van der Waals surface area contributed by atoms with Crippen LogP contribution in [0.5, 0.6) is 0 Å². The monoisotopic (exact) mass is 377 g/mol. The van der Waals surface area contributed by atoms with Crippen LogP contribution in [-0.2, 0) is 20.7 Å². The molecule has 0 heterocycles. The van der Waals surface area contributed by atoms with Crippen molar-refractivity contribution in [1.82, 2.24) is 5.32 Å². The maximum Gasteiger partial charge on any atom is 0.328 e. The van der Waals surface area contributed by atoms with Crippen LogP contribution in [0, 0.1) is 0 Å². The number of benzene rings is 2. The number of rotatable bonds is 7. The Morgan fingerprint density at radius 3 is 2.36 bits per heavy atom. The Bertz CT molecular complexity index is 706. The van der Waals surface area contributed by atoms with E-state index in [4.69, 9.17) is 16.3 Å². The summed E-state index contributed by atoms with van der Waals surface area (Å²) >= 11 is 7.27. The van der Waals surface area contributed by atoms with Gasteiger partial charge in [0.2, 0.25) is 5.91 Å². The zero-order valence-corrected chi connectivity index (χ0v) is 15.6. The maximum atomic E-state index is 12.5. The molecule has 132 valence electrons. The number of hydrogen-bond donors (Lipinski definition) is 1. The fourth-order valence-electron chi connectivity index (χ4n) is 2.25. The number of carbonyl (C=O) groups is 2. The number of thioether (sulfide) groups is 1. The summed E-state index contributed by atoms with van der Waals surface area (Å²) in [6.45, 7) is 1.80. The molecule has 1 unspecified atom stereocenters. The van der Waals surface area contributed by atoms with E-state index in [1.54, 1.807) is 19.1 Å². The van der Waals surface area contributed by atoms with Crippen molar-refractivity contribution in [3.63, 3.8) is 0 Å². The molecule has 2 aromatic rings. The molecule has 1 N–H and O–H groups in total. The van der Waals surface area contributed by atoms with Gasteiger partial charge in [0.05, 0.1) is 12.4 Å². The lowest BCUT2D eigenvalue weighted by Gasteiger charge is -2.19. The number of hydrogen-bond acceptors (Lipinski definition) is 4. The van der Waals surface area contributed by atoms with Crippen LogP contribution in [0.3, 0.4) is 0 Å². The highest BCUT2D eigenvalue weighted by molar-refractivity contribution is 8.00. The van der Waals surface area contributed by atoms with E-state index in [9.17, 15) is 9.59 Å². The quantitative estimate of drug-likeness (QED) is 0.590. The number of nitrogens with one attached hydrogen (secondary N) is 1. The molecule has 6 heteroatoms. The second-order valence-electron chi connectivity index (χ2n) is 5.49. The molecule has 4 nitrogen and oxygen atoms in total. The van der Waals surface area contributed by atoms with E-state index in [1.807, 2.05) is 42.5 Å². The Hall–Kier alpha value is -1.98. The summed E-state index contributed by atoms with van der Waals surface area (Å²) in [5.41, 5.74) is 0.955. The largest absolute Gasteiger partial charge is 0.467 e. The van der Waals surface area contributed by atoms with Crippen molar-refractivity contribution in [3.05, 3.63) is 65.2 Å². The Balaban J connectivity index is 2.00.